The molecule has 0 spiro atoms. The zero-order chi connectivity index (χ0) is 19.1. The van der Waals surface area contributed by atoms with Crippen molar-refractivity contribution >= 4 is 38.5 Å². The molecule has 0 amide bonds. The van der Waals surface area contributed by atoms with Crippen LogP contribution in [0.15, 0.2) is 58.7 Å². The standard InChI is InChI=1S/C20H18N4O3S/c25-28(26,15-3-4-17-19(12-15)27-11-10-22-17)24-13-16(14-5-8-21-9-6-14)20-18(24)2-1-7-23-20/h1-5,7,10,12-13,21H,6,8-9,11H2. The topological polar surface area (TPSA) is 85.6 Å². The Morgan fingerprint density at radius 3 is 3.00 bits per heavy atom. The van der Waals surface area contributed by atoms with Crippen LogP contribution in [0.5, 0.6) is 5.75 Å². The van der Waals surface area contributed by atoms with E-state index in [1.165, 1.54) is 10.0 Å². The predicted molar refractivity (Wildman–Crippen MR) is 108 cm³/mol. The van der Waals surface area contributed by atoms with E-state index in [9.17, 15) is 8.42 Å². The largest absolute Gasteiger partial charge is 0.486 e. The SMILES string of the molecule is O=S(=O)(c1ccc2c(c1)OCC=N2)n1cc(C2=CCNCC2)c2ncccc21. The van der Waals surface area contributed by atoms with E-state index in [0.29, 0.717) is 29.1 Å². The van der Waals surface area contributed by atoms with Crippen LogP contribution < -0.4 is 10.1 Å². The molecular formula is C20H18N4O3S. The first kappa shape index (κ1) is 17.2. The third-order valence-corrected chi connectivity index (χ3v) is 6.64. The van der Waals surface area contributed by atoms with Crippen molar-refractivity contribution in [1.29, 1.82) is 0 Å². The number of aliphatic imine (C=N–C) groups is 1. The van der Waals surface area contributed by atoms with Crippen LogP contribution in [0.1, 0.15) is 12.0 Å². The van der Waals surface area contributed by atoms with Gasteiger partial charge in [-0.3, -0.25) is 9.98 Å². The number of rotatable bonds is 3. The van der Waals surface area contributed by atoms with Crippen LogP contribution in [0.25, 0.3) is 16.6 Å². The van der Waals surface area contributed by atoms with Crippen LogP contribution in [0.3, 0.4) is 0 Å². The highest BCUT2D eigenvalue weighted by Gasteiger charge is 2.25. The maximum atomic E-state index is 13.4. The van der Waals surface area contributed by atoms with Gasteiger partial charge in [0.15, 0.2) is 0 Å². The van der Waals surface area contributed by atoms with Crippen molar-refractivity contribution in [2.75, 3.05) is 19.7 Å². The number of hydrogen-bond acceptors (Lipinski definition) is 6. The van der Waals surface area contributed by atoms with Crippen molar-refractivity contribution in [3.63, 3.8) is 0 Å². The molecule has 5 rings (SSSR count). The minimum Gasteiger partial charge on any atom is -0.486 e. The van der Waals surface area contributed by atoms with Crippen molar-refractivity contribution in [1.82, 2.24) is 14.3 Å². The fraction of sp³-hybridized carbons (Fsp3) is 0.200. The molecule has 142 valence electrons. The maximum Gasteiger partial charge on any atom is 0.268 e. The van der Waals surface area contributed by atoms with Gasteiger partial charge < -0.3 is 10.1 Å². The van der Waals surface area contributed by atoms with E-state index in [-0.39, 0.29) is 4.90 Å². The summed E-state index contributed by atoms with van der Waals surface area (Å²) >= 11 is 0. The fourth-order valence-corrected chi connectivity index (χ4v) is 4.96. The van der Waals surface area contributed by atoms with Gasteiger partial charge in [-0.25, -0.2) is 12.4 Å². The van der Waals surface area contributed by atoms with Crippen LogP contribution in [0.4, 0.5) is 5.69 Å². The van der Waals surface area contributed by atoms with E-state index in [4.69, 9.17) is 4.74 Å². The Morgan fingerprint density at radius 1 is 1.21 bits per heavy atom. The number of pyridine rings is 1. The summed E-state index contributed by atoms with van der Waals surface area (Å²) in [5.74, 6) is 0.472. The van der Waals surface area contributed by atoms with E-state index in [1.807, 2.05) is 0 Å². The zero-order valence-corrected chi connectivity index (χ0v) is 15.8. The van der Waals surface area contributed by atoms with E-state index >= 15 is 0 Å². The molecule has 28 heavy (non-hydrogen) atoms. The Hall–Kier alpha value is -2.97. The molecule has 2 aromatic heterocycles. The number of hydrogen-bond donors (Lipinski definition) is 1. The summed E-state index contributed by atoms with van der Waals surface area (Å²) in [6.45, 7) is 1.96. The van der Waals surface area contributed by atoms with Crippen molar-refractivity contribution in [2.45, 2.75) is 11.3 Å². The Bertz CT molecular complexity index is 1240. The normalized spacial score (nSPS) is 16.5. The minimum atomic E-state index is -3.81. The Morgan fingerprint density at radius 2 is 2.14 bits per heavy atom. The van der Waals surface area contributed by atoms with Gasteiger partial charge in [0.2, 0.25) is 0 Å². The van der Waals surface area contributed by atoms with Gasteiger partial charge in [-0.1, -0.05) is 6.08 Å². The monoisotopic (exact) mass is 394 g/mol. The second-order valence-electron chi connectivity index (χ2n) is 6.65. The summed E-state index contributed by atoms with van der Waals surface area (Å²) in [4.78, 5) is 8.86. The first-order chi connectivity index (χ1) is 13.6. The summed E-state index contributed by atoms with van der Waals surface area (Å²) in [5.41, 5.74) is 3.86. The first-order valence-electron chi connectivity index (χ1n) is 9.06. The summed E-state index contributed by atoms with van der Waals surface area (Å²) in [6, 6.07) is 8.29. The number of nitrogens with one attached hydrogen (secondary N) is 1. The molecule has 0 saturated carbocycles. The maximum absolute atomic E-state index is 13.4. The molecule has 2 aliphatic heterocycles. The summed E-state index contributed by atoms with van der Waals surface area (Å²) in [7, 11) is -3.81. The molecule has 7 nitrogen and oxygen atoms in total. The van der Waals surface area contributed by atoms with Crippen molar-refractivity contribution in [3.05, 3.63) is 54.4 Å². The number of benzene rings is 1. The van der Waals surface area contributed by atoms with Crippen LogP contribution in [0.2, 0.25) is 0 Å². The Balaban J connectivity index is 1.68. The third kappa shape index (κ3) is 2.73. The van der Waals surface area contributed by atoms with Gasteiger partial charge in [0.05, 0.1) is 15.9 Å². The fourth-order valence-electron chi connectivity index (χ4n) is 3.58. The lowest BCUT2D eigenvalue weighted by Crippen LogP contribution is -2.20. The lowest BCUT2D eigenvalue weighted by molar-refractivity contribution is 0.375. The average Bonchev–Trinajstić information content (AvgIpc) is 3.14. The molecule has 4 heterocycles. The molecule has 0 radical (unpaired) electrons. The van der Waals surface area contributed by atoms with Crippen LogP contribution in [-0.2, 0) is 10.0 Å². The van der Waals surface area contributed by atoms with Crippen LogP contribution in [-0.4, -0.2) is 43.3 Å². The number of fused-ring (bicyclic) bond motifs is 2. The molecule has 8 heteroatoms. The van der Waals surface area contributed by atoms with E-state index < -0.39 is 10.0 Å². The lowest BCUT2D eigenvalue weighted by atomic mass is 10.0. The molecular weight excluding hydrogens is 376 g/mol. The Labute approximate surface area is 162 Å². The second-order valence-corrected chi connectivity index (χ2v) is 8.47. The molecule has 0 atom stereocenters. The average molecular weight is 394 g/mol. The third-order valence-electron chi connectivity index (χ3n) is 4.97. The molecule has 3 aromatic rings. The molecule has 0 unspecified atom stereocenters. The highest BCUT2D eigenvalue weighted by molar-refractivity contribution is 7.90. The zero-order valence-electron chi connectivity index (χ0n) is 15.0. The van der Waals surface area contributed by atoms with Crippen molar-refractivity contribution < 1.29 is 13.2 Å². The van der Waals surface area contributed by atoms with Crippen LogP contribution in [0, 0.1) is 0 Å². The number of aromatic nitrogens is 2. The quantitative estimate of drug-likeness (QED) is 0.738. The summed E-state index contributed by atoms with van der Waals surface area (Å²) in [5, 5.41) is 3.28. The molecule has 1 aromatic carbocycles. The van der Waals surface area contributed by atoms with Gasteiger partial charge in [-0.15, -0.1) is 0 Å². The smallest absolute Gasteiger partial charge is 0.268 e. The Kier molecular flexibility index (Phi) is 4.03. The summed E-state index contributed by atoms with van der Waals surface area (Å²) < 4.78 is 33.7. The molecule has 0 bridgehead atoms. The highest BCUT2D eigenvalue weighted by atomic mass is 32.2. The highest BCUT2D eigenvalue weighted by Crippen LogP contribution is 2.35. The van der Waals surface area contributed by atoms with Gasteiger partial charge in [-0.2, -0.15) is 0 Å². The van der Waals surface area contributed by atoms with E-state index in [0.717, 1.165) is 30.6 Å². The van der Waals surface area contributed by atoms with Gasteiger partial charge in [-0.05, 0) is 42.8 Å². The predicted octanol–water partition coefficient (Wildman–Crippen LogP) is 2.74. The second kappa shape index (κ2) is 6.57. The molecule has 2 aliphatic rings. The summed E-state index contributed by atoms with van der Waals surface area (Å²) in [6.07, 6.45) is 7.95. The van der Waals surface area contributed by atoms with Gasteiger partial charge in [0.25, 0.3) is 10.0 Å². The number of nitrogens with zero attached hydrogens (tertiary/aromatic N) is 3. The molecule has 0 fully saturated rings. The molecule has 1 N–H and O–H groups in total. The van der Waals surface area contributed by atoms with Gasteiger partial charge in [0.1, 0.15) is 18.0 Å². The van der Waals surface area contributed by atoms with Gasteiger partial charge in [0, 0.05) is 36.8 Å². The van der Waals surface area contributed by atoms with Crippen molar-refractivity contribution in [2.24, 2.45) is 4.99 Å². The van der Waals surface area contributed by atoms with Gasteiger partial charge >= 0.3 is 0 Å². The van der Waals surface area contributed by atoms with E-state index in [2.05, 4.69) is 21.4 Å². The van der Waals surface area contributed by atoms with E-state index in [1.54, 1.807) is 42.9 Å². The molecule has 0 aliphatic carbocycles. The lowest BCUT2D eigenvalue weighted by Gasteiger charge is -2.14. The van der Waals surface area contributed by atoms with Crippen molar-refractivity contribution in [3.8, 4) is 5.75 Å². The minimum absolute atomic E-state index is 0.162. The molecule has 0 saturated heterocycles. The first-order valence-corrected chi connectivity index (χ1v) is 10.5. The number of ether oxygens (including phenoxy) is 1. The van der Waals surface area contributed by atoms with Crippen LogP contribution >= 0.6 is 0 Å².